The van der Waals surface area contributed by atoms with E-state index in [1.54, 1.807) is 43.4 Å². The average Bonchev–Trinajstić information content (AvgIpc) is 2.73. The van der Waals surface area contributed by atoms with Crippen LogP contribution in [0.25, 0.3) is 0 Å². The highest BCUT2D eigenvalue weighted by Crippen LogP contribution is 2.28. The van der Waals surface area contributed by atoms with Gasteiger partial charge in [0, 0.05) is 31.7 Å². The van der Waals surface area contributed by atoms with E-state index in [1.807, 2.05) is 11.0 Å². The smallest absolute Gasteiger partial charge is 0.227 e. The van der Waals surface area contributed by atoms with Crippen molar-refractivity contribution in [2.24, 2.45) is 0 Å². The van der Waals surface area contributed by atoms with E-state index in [0.717, 1.165) is 5.56 Å². The first kappa shape index (κ1) is 20.6. The second-order valence-electron chi connectivity index (χ2n) is 6.96. The molecule has 1 aliphatic rings. The van der Waals surface area contributed by atoms with Gasteiger partial charge >= 0.3 is 0 Å². The number of ether oxygens (including phenoxy) is 2. The molecule has 0 aliphatic carbocycles. The van der Waals surface area contributed by atoms with Gasteiger partial charge in [-0.25, -0.2) is 4.39 Å². The quantitative estimate of drug-likeness (QED) is 0.698. The van der Waals surface area contributed by atoms with Gasteiger partial charge < -0.3 is 19.3 Å². The van der Waals surface area contributed by atoms with Gasteiger partial charge in [0.15, 0.2) is 17.3 Å². The molecule has 1 heterocycles. The number of carbonyl (C=O) groups excluding carboxylic acids is 2. The summed E-state index contributed by atoms with van der Waals surface area (Å²) in [6.07, 6.45) is 0.266. The monoisotopic (exact) mass is 400 g/mol. The van der Waals surface area contributed by atoms with Crippen LogP contribution < -0.4 is 14.4 Å². The molecule has 0 N–H and O–H groups in total. The molecule has 0 atom stereocenters. The molecule has 1 saturated heterocycles. The maximum Gasteiger partial charge on any atom is 0.227 e. The van der Waals surface area contributed by atoms with Gasteiger partial charge in [0.2, 0.25) is 5.91 Å². The van der Waals surface area contributed by atoms with Gasteiger partial charge in [-0.15, -0.1) is 0 Å². The molecular formula is C22H25FN2O4. The summed E-state index contributed by atoms with van der Waals surface area (Å²) in [4.78, 5) is 27.8. The summed E-state index contributed by atoms with van der Waals surface area (Å²) in [5.41, 5.74) is 1.66. The van der Waals surface area contributed by atoms with E-state index >= 15 is 0 Å². The standard InChI is InChI=1S/C22H25FN2O4/c1-15(26)17-5-6-19(18(23)14-17)24-8-10-25(11-9-24)22(27)13-16-4-7-20(28-2)21(12-16)29-3/h4-7,12,14H,8-11,13H2,1-3H3. The van der Waals surface area contributed by atoms with E-state index in [0.29, 0.717) is 48.9 Å². The average molecular weight is 400 g/mol. The largest absolute Gasteiger partial charge is 0.493 e. The molecule has 0 bridgehead atoms. The maximum absolute atomic E-state index is 14.4. The van der Waals surface area contributed by atoms with Crippen molar-refractivity contribution in [3.63, 3.8) is 0 Å². The van der Waals surface area contributed by atoms with Gasteiger partial charge in [0.25, 0.3) is 0 Å². The minimum atomic E-state index is -0.414. The number of anilines is 1. The zero-order chi connectivity index (χ0) is 21.0. The Kier molecular flexibility index (Phi) is 6.36. The topological polar surface area (TPSA) is 59.1 Å². The molecule has 2 aromatic carbocycles. The summed E-state index contributed by atoms with van der Waals surface area (Å²) in [6, 6.07) is 9.97. The predicted molar refractivity (Wildman–Crippen MR) is 108 cm³/mol. The van der Waals surface area contributed by atoms with E-state index < -0.39 is 5.82 Å². The molecule has 0 spiro atoms. The van der Waals surface area contributed by atoms with Crippen molar-refractivity contribution in [2.75, 3.05) is 45.3 Å². The molecule has 154 valence electrons. The number of methoxy groups -OCH3 is 2. The van der Waals surface area contributed by atoms with Gasteiger partial charge in [0.05, 0.1) is 26.3 Å². The van der Waals surface area contributed by atoms with Crippen LogP contribution in [-0.2, 0) is 11.2 Å². The first-order valence-electron chi connectivity index (χ1n) is 9.47. The number of carbonyl (C=O) groups is 2. The molecule has 29 heavy (non-hydrogen) atoms. The second kappa shape index (κ2) is 8.94. The summed E-state index contributed by atoms with van der Waals surface area (Å²) in [5.74, 6) is 0.648. The highest BCUT2D eigenvalue weighted by atomic mass is 19.1. The van der Waals surface area contributed by atoms with Crippen molar-refractivity contribution in [1.29, 1.82) is 0 Å². The minimum Gasteiger partial charge on any atom is -0.493 e. The number of benzene rings is 2. The van der Waals surface area contributed by atoms with Crippen molar-refractivity contribution in [1.82, 2.24) is 4.90 Å². The Morgan fingerprint density at radius 1 is 0.966 bits per heavy atom. The maximum atomic E-state index is 14.4. The van der Waals surface area contributed by atoms with E-state index in [4.69, 9.17) is 9.47 Å². The summed E-state index contributed by atoms with van der Waals surface area (Å²) >= 11 is 0. The number of amides is 1. The Labute approximate surface area is 169 Å². The number of nitrogens with zero attached hydrogens (tertiary/aromatic N) is 2. The van der Waals surface area contributed by atoms with Gasteiger partial charge in [-0.05, 0) is 42.8 Å². The Bertz CT molecular complexity index is 908. The number of hydrogen-bond acceptors (Lipinski definition) is 5. The molecule has 3 rings (SSSR count). The molecule has 0 radical (unpaired) electrons. The number of hydrogen-bond donors (Lipinski definition) is 0. The number of Topliss-reactive ketones (excluding diaryl/α,β-unsaturated/α-hetero) is 1. The van der Waals surface area contributed by atoms with Crippen LogP contribution in [0.1, 0.15) is 22.8 Å². The Hall–Kier alpha value is -3.09. The number of ketones is 1. The van der Waals surface area contributed by atoms with Crippen molar-refractivity contribution in [3.8, 4) is 11.5 Å². The lowest BCUT2D eigenvalue weighted by Crippen LogP contribution is -2.49. The van der Waals surface area contributed by atoms with Crippen molar-refractivity contribution >= 4 is 17.4 Å². The zero-order valence-electron chi connectivity index (χ0n) is 16.9. The third-order valence-electron chi connectivity index (χ3n) is 5.13. The van der Waals surface area contributed by atoms with Gasteiger partial charge in [-0.2, -0.15) is 0 Å². The number of rotatable bonds is 6. The number of piperazine rings is 1. The van der Waals surface area contributed by atoms with Gasteiger partial charge in [-0.1, -0.05) is 6.07 Å². The Morgan fingerprint density at radius 2 is 1.66 bits per heavy atom. The molecule has 0 unspecified atom stereocenters. The first-order chi connectivity index (χ1) is 13.9. The first-order valence-corrected chi connectivity index (χ1v) is 9.47. The molecule has 1 amide bonds. The number of halogens is 1. The van der Waals surface area contributed by atoms with Crippen LogP contribution in [0.4, 0.5) is 10.1 Å². The molecule has 1 fully saturated rings. The second-order valence-corrected chi connectivity index (χ2v) is 6.96. The normalized spacial score (nSPS) is 13.9. The lowest BCUT2D eigenvalue weighted by molar-refractivity contribution is -0.130. The summed E-state index contributed by atoms with van der Waals surface area (Å²) < 4.78 is 24.9. The fourth-order valence-electron chi connectivity index (χ4n) is 3.46. The van der Waals surface area contributed by atoms with Crippen molar-refractivity contribution in [3.05, 3.63) is 53.3 Å². The molecule has 2 aromatic rings. The highest BCUT2D eigenvalue weighted by Gasteiger charge is 2.23. The summed E-state index contributed by atoms with van der Waals surface area (Å²) in [6.45, 7) is 3.51. The predicted octanol–water partition coefficient (Wildman–Crippen LogP) is 2.94. The van der Waals surface area contributed by atoms with E-state index in [-0.39, 0.29) is 18.1 Å². The van der Waals surface area contributed by atoms with Crippen LogP contribution in [-0.4, -0.2) is 57.0 Å². The molecule has 0 saturated carbocycles. The minimum absolute atomic E-state index is 0.0178. The molecule has 1 aliphatic heterocycles. The molecule has 0 aromatic heterocycles. The van der Waals surface area contributed by atoms with Crippen LogP contribution in [0.3, 0.4) is 0 Å². The third kappa shape index (κ3) is 4.67. The zero-order valence-corrected chi connectivity index (χ0v) is 16.9. The molecule has 6 nitrogen and oxygen atoms in total. The van der Waals surface area contributed by atoms with Crippen LogP contribution in [0.2, 0.25) is 0 Å². The fourth-order valence-corrected chi connectivity index (χ4v) is 3.46. The van der Waals surface area contributed by atoms with E-state index in [1.165, 1.54) is 13.0 Å². The fraction of sp³-hybridized carbons (Fsp3) is 0.364. The third-order valence-corrected chi connectivity index (χ3v) is 5.13. The van der Waals surface area contributed by atoms with Gasteiger partial charge in [0.1, 0.15) is 5.82 Å². The lowest BCUT2D eigenvalue weighted by Gasteiger charge is -2.36. The lowest BCUT2D eigenvalue weighted by atomic mass is 10.1. The van der Waals surface area contributed by atoms with Crippen LogP contribution in [0, 0.1) is 5.82 Å². The van der Waals surface area contributed by atoms with Crippen molar-refractivity contribution in [2.45, 2.75) is 13.3 Å². The molecular weight excluding hydrogens is 375 g/mol. The summed E-state index contributed by atoms with van der Waals surface area (Å²) in [5, 5.41) is 0. The Balaban J connectivity index is 1.60. The van der Waals surface area contributed by atoms with E-state index in [2.05, 4.69) is 0 Å². The van der Waals surface area contributed by atoms with Crippen LogP contribution >= 0.6 is 0 Å². The summed E-state index contributed by atoms with van der Waals surface area (Å²) in [7, 11) is 3.13. The van der Waals surface area contributed by atoms with E-state index in [9.17, 15) is 14.0 Å². The van der Waals surface area contributed by atoms with Crippen LogP contribution in [0.5, 0.6) is 11.5 Å². The van der Waals surface area contributed by atoms with Crippen LogP contribution in [0.15, 0.2) is 36.4 Å². The highest BCUT2D eigenvalue weighted by molar-refractivity contribution is 5.94. The Morgan fingerprint density at radius 3 is 2.24 bits per heavy atom. The van der Waals surface area contributed by atoms with Gasteiger partial charge in [-0.3, -0.25) is 9.59 Å². The molecule has 7 heteroatoms. The SMILES string of the molecule is COc1ccc(CC(=O)N2CCN(c3ccc(C(C)=O)cc3F)CC2)cc1OC. The van der Waals surface area contributed by atoms with Crippen molar-refractivity contribution < 1.29 is 23.5 Å².